The standard InChI is InChI=1S/C18H18FNO/c19-18(10-13-6-2-1-3-7-13)17-14(11-20-18)12-21-16-9-5-4-8-15(16)17/h1-9,14,17,20H,10-12H2. The molecule has 2 aliphatic heterocycles. The van der Waals surface area contributed by atoms with Crippen LogP contribution in [0.2, 0.25) is 0 Å². The molecule has 0 bridgehead atoms. The molecule has 0 radical (unpaired) electrons. The van der Waals surface area contributed by atoms with E-state index >= 15 is 4.39 Å². The van der Waals surface area contributed by atoms with E-state index in [-0.39, 0.29) is 11.8 Å². The van der Waals surface area contributed by atoms with Gasteiger partial charge in [0, 0.05) is 30.4 Å². The molecule has 4 rings (SSSR count). The molecule has 3 atom stereocenters. The molecule has 108 valence electrons. The van der Waals surface area contributed by atoms with Gasteiger partial charge in [-0.05, 0) is 11.6 Å². The van der Waals surface area contributed by atoms with Gasteiger partial charge in [0.05, 0.1) is 6.61 Å². The first-order valence-electron chi connectivity index (χ1n) is 7.46. The van der Waals surface area contributed by atoms with E-state index in [1.54, 1.807) is 0 Å². The molecule has 1 N–H and O–H groups in total. The summed E-state index contributed by atoms with van der Waals surface area (Å²) in [6.07, 6.45) is 0.392. The number of hydrogen-bond acceptors (Lipinski definition) is 2. The van der Waals surface area contributed by atoms with Gasteiger partial charge < -0.3 is 4.74 Å². The minimum atomic E-state index is -1.40. The maximum atomic E-state index is 15.6. The number of alkyl halides is 1. The van der Waals surface area contributed by atoms with Crippen LogP contribution in [-0.4, -0.2) is 18.9 Å². The third kappa shape index (κ3) is 2.12. The number of rotatable bonds is 2. The molecule has 2 aromatic carbocycles. The van der Waals surface area contributed by atoms with Crippen LogP contribution in [0.4, 0.5) is 4.39 Å². The Bertz CT molecular complexity index is 645. The van der Waals surface area contributed by atoms with Crippen LogP contribution in [0.15, 0.2) is 54.6 Å². The van der Waals surface area contributed by atoms with Crippen molar-refractivity contribution in [1.82, 2.24) is 5.32 Å². The van der Waals surface area contributed by atoms with Gasteiger partial charge in [0.1, 0.15) is 5.75 Å². The summed E-state index contributed by atoms with van der Waals surface area (Å²) in [5.74, 6) is -0.500. The summed E-state index contributed by atoms with van der Waals surface area (Å²) in [5.41, 5.74) is 2.02. The van der Waals surface area contributed by atoms with E-state index in [1.807, 2.05) is 54.6 Å². The zero-order valence-corrected chi connectivity index (χ0v) is 11.8. The lowest BCUT2D eigenvalue weighted by Gasteiger charge is -2.34. The van der Waals surface area contributed by atoms with Crippen molar-refractivity contribution in [3.05, 3.63) is 65.7 Å². The Labute approximate surface area is 123 Å². The molecule has 0 amide bonds. The zero-order chi connectivity index (χ0) is 14.3. The zero-order valence-electron chi connectivity index (χ0n) is 11.8. The van der Waals surface area contributed by atoms with Gasteiger partial charge in [0.15, 0.2) is 5.79 Å². The van der Waals surface area contributed by atoms with E-state index in [4.69, 9.17) is 4.74 Å². The highest BCUT2D eigenvalue weighted by atomic mass is 19.1. The fourth-order valence-electron chi connectivity index (χ4n) is 3.69. The molecule has 1 saturated heterocycles. The number of benzene rings is 2. The summed E-state index contributed by atoms with van der Waals surface area (Å²) in [5, 5.41) is 3.12. The van der Waals surface area contributed by atoms with Crippen LogP contribution >= 0.6 is 0 Å². The molecule has 0 aromatic heterocycles. The first kappa shape index (κ1) is 12.8. The average Bonchev–Trinajstić information content (AvgIpc) is 2.86. The summed E-state index contributed by atoms with van der Waals surface area (Å²) < 4.78 is 21.4. The van der Waals surface area contributed by atoms with E-state index in [9.17, 15) is 0 Å². The number of para-hydroxylation sites is 1. The van der Waals surface area contributed by atoms with Crippen molar-refractivity contribution < 1.29 is 9.13 Å². The molecule has 3 heteroatoms. The molecule has 3 unspecified atom stereocenters. The SMILES string of the molecule is FC1(Cc2ccccc2)NCC2COc3ccccc3C21. The van der Waals surface area contributed by atoms with E-state index < -0.39 is 5.79 Å². The van der Waals surface area contributed by atoms with Crippen molar-refractivity contribution in [3.8, 4) is 5.75 Å². The molecule has 0 spiro atoms. The lowest BCUT2D eigenvalue weighted by Crippen LogP contribution is -2.42. The highest BCUT2D eigenvalue weighted by molar-refractivity contribution is 5.42. The summed E-state index contributed by atoms with van der Waals surface area (Å²) in [6, 6.07) is 17.7. The van der Waals surface area contributed by atoms with E-state index in [0.29, 0.717) is 19.6 Å². The summed E-state index contributed by atoms with van der Waals surface area (Å²) >= 11 is 0. The smallest absolute Gasteiger partial charge is 0.173 e. The molecule has 0 aliphatic carbocycles. The van der Waals surface area contributed by atoms with Gasteiger partial charge in [-0.25, -0.2) is 4.39 Å². The highest BCUT2D eigenvalue weighted by Crippen LogP contribution is 2.48. The molecule has 2 aliphatic rings. The van der Waals surface area contributed by atoms with Crippen molar-refractivity contribution in [1.29, 1.82) is 0 Å². The van der Waals surface area contributed by atoms with Crippen molar-refractivity contribution in [2.45, 2.75) is 18.1 Å². The van der Waals surface area contributed by atoms with Crippen LogP contribution in [0.25, 0.3) is 0 Å². The highest BCUT2D eigenvalue weighted by Gasteiger charge is 2.52. The molecule has 2 heterocycles. The maximum Gasteiger partial charge on any atom is 0.173 e. The predicted molar refractivity (Wildman–Crippen MR) is 80.2 cm³/mol. The molecular formula is C18H18FNO. The van der Waals surface area contributed by atoms with Crippen molar-refractivity contribution in [2.24, 2.45) is 5.92 Å². The van der Waals surface area contributed by atoms with Gasteiger partial charge >= 0.3 is 0 Å². The topological polar surface area (TPSA) is 21.3 Å². The second-order valence-electron chi connectivity index (χ2n) is 5.99. The fraction of sp³-hybridized carbons (Fsp3) is 0.333. The molecule has 0 saturated carbocycles. The van der Waals surface area contributed by atoms with Gasteiger partial charge in [-0.2, -0.15) is 0 Å². The molecule has 2 aromatic rings. The van der Waals surface area contributed by atoms with E-state index in [0.717, 1.165) is 16.9 Å². The van der Waals surface area contributed by atoms with Crippen LogP contribution < -0.4 is 10.1 Å². The predicted octanol–water partition coefficient (Wildman–Crippen LogP) is 3.29. The Hall–Kier alpha value is -1.87. The first-order valence-corrected chi connectivity index (χ1v) is 7.46. The third-order valence-corrected chi connectivity index (χ3v) is 4.63. The minimum Gasteiger partial charge on any atom is -0.493 e. The van der Waals surface area contributed by atoms with Gasteiger partial charge in [-0.15, -0.1) is 0 Å². The number of ether oxygens (including phenoxy) is 1. The lowest BCUT2D eigenvalue weighted by molar-refractivity contribution is 0.0914. The van der Waals surface area contributed by atoms with Crippen LogP contribution in [-0.2, 0) is 6.42 Å². The quantitative estimate of drug-likeness (QED) is 0.854. The van der Waals surface area contributed by atoms with Gasteiger partial charge in [0.25, 0.3) is 0 Å². The largest absolute Gasteiger partial charge is 0.493 e. The Morgan fingerprint density at radius 3 is 2.71 bits per heavy atom. The Morgan fingerprint density at radius 2 is 1.86 bits per heavy atom. The Balaban J connectivity index is 1.71. The molecule has 21 heavy (non-hydrogen) atoms. The van der Waals surface area contributed by atoms with Crippen molar-refractivity contribution >= 4 is 0 Å². The Morgan fingerprint density at radius 1 is 1.10 bits per heavy atom. The second-order valence-corrected chi connectivity index (χ2v) is 5.99. The Kier molecular flexibility index (Phi) is 2.96. The lowest BCUT2D eigenvalue weighted by atomic mass is 9.79. The molecular weight excluding hydrogens is 265 g/mol. The van der Waals surface area contributed by atoms with Gasteiger partial charge in [0.2, 0.25) is 0 Å². The van der Waals surface area contributed by atoms with Crippen LogP contribution in [0.5, 0.6) is 5.75 Å². The van der Waals surface area contributed by atoms with Gasteiger partial charge in [-0.3, -0.25) is 5.32 Å². The summed E-state index contributed by atoms with van der Waals surface area (Å²) in [6.45, 7) is 1.26. The van der Waals surface area contributed by atoms with Crippen molar-refractivity contribution in [2.75, 3.05) is 13.2 Å². The molecule has 2 nitrogen and oxygen atoms in total. The van der Waals surface area contributed by atoms with E-state index in [1.165, 1.54) is 0 Å². The average molecular weight is 283 g/mol. The molecule has 1 fully saturated rings. The number of nitrogens with one attached hydrogen (secondary N) is 1. The number of fused-ring (bicyclic) bond motifs is 3. The third-order valence-electron chi connectivity index (χ3n) is 4.63. The first-order chi connectivity index (χ1) is 10.3. The fourth-order valence-corrected chi connectivity index (χ4v) is 3.69. The summed E-state index contributed by atoms with van der Waals surface area (Å²) in [7, 11) is 0. The monoisotopic (exact) mass is 283 g/mol. The van der Waals surface area contributed by atoms with E-state index in [2.05, 4.69) is 5.32 Å². The van der Waals surface area contributed by atoms with Crippen molar-refractivity contribution in [3.63, 3.8) is 0 Å². The number of hydrogen-bond donors (Lipinski definition) is 1. The number of halogens is 1. The minimum absolute atomic E-state index is 0.136. The maximum absolute atomic E-state index is 15.6. The normalized spacial score (nSPS) is 30.3. The second kappa shape index (κ2) is 4.85. The van der Waals surface area contributed by atoms with Crippen LogP contribution in [0, 0.1) is 5.92 Å². The summed E-state index contributed by atoms with van der Waals surface area (Å²) in [4.78, 5) is 0. The van der Waals surface area contributed by atoms with Crippen LogP contribution in [0.3, 0.4) is 0 Å². The van der Waals surface area contributed by atoms with Gasteiger partial charge in [-0.1, -0.05) is 48.5 Å². The van der Waals surface area contributed by atoms with Crippen LogP contribution in [0.1, 0.15) is 17.0 Å².